The molecule has 5 atom stereocenters. The first kappa shape index (κ1) is 28.8. The maximum absolute atomic E-state index is 12.8. The van der Waals surface area contributed by atoms with Crippen molar-refractivity contribution in [2.75, 3.05) is 0 Å². The number of hydrogen-bond acceptors (Lipinski definition) is 7. The molecule has 0 radical (unpaired) electrons. The van der Waals surface area contributed by atoms with Gasteiger partial charge in [0.2, 0.25) is 29.5 Å². The van der Waals surface area contributed by atoms with E-state index in [1.165, 1.54) is 6.92 Å². The second kappa shape index (κ2) is 14.0. The predicted molar refractivity (Wildman–Crippen MR) is 113 cm³/mol. The lowest BCUT2D eigenvalue weighted by Gasteiger charge is -2.28. The molecule has 13 nitrogen and oxygen atoms in total. The van der Waals surface area contributed by atoms with E-state index in [9.17, 15) is 33.9 Å². The van der Waals surface area contributed by atoms with Crippen LogP contribution in [0.3, 0.4) is 0 Å². The molecule has 0 aromatic heterocycles. The van der Waals surface area contributed by atoms with Crippen LogP contribution in [0.15, 0.2) is 0 Å². The first-order chi connectivity index (χ1) is 14.8. The molecule has 0 rings (SSSR count). The van der Waals surface area contributed by atoms with Crippen molar-refractivity contribution in [2.24, 2.45) is 23.1 Å². The van der Waals surface area contributed by atoms with Gasteiger partial charge in [-0.3, -0.25) is 24.0 Å². The van der Waals surface area contributed by atoms with Crippen LogP contribution >= 0.6 is 0 Å². The first-order valence-electron chi connectivity index (χ1n) is 10.3. The van der Waals surface area contributed by atoms with E-state index in [1.54, 1.807) is 13.8 Å². The van der Waals surface area contributed by atoms with Crippen LogP contribution in [0.2, 0.25) is 0 Å². The Bertz CT molecular complexity index is 712. The average Bonchev–Trinajstić information content (AvgIpc) is 2.70. The van der Waals surface area contributed by atoms with E-state index >= 15 is 0 Å². The molecule has 13 heteroatoms. The van der Waals surface area contributed by atoms with E-state index < -0.39 is 65.6 Å². The Hall–Kier alpha value is -3.22. The van der Waals surface area contributed by atoms with Crippen LogP contribution in [0.1, 0.15) is 52.9 Å². The molecule has 5 amide bonds. The number of carboxylic acid groups (broad SMARTS) is 1. The molecule has 10 N–H and O–H groups in total. The number of primary amides is 2. The van der Waals surface area contributed by atoms with Gasteiger partial charge in [-0.15, -0.1) is 0 Å². The van der Waals surface area contributed by atoms with E-state index in [2.05, 4.69) is 16.0 Å². The number of hydrogen-bond donors (Lipinski definition) is 7. The van der Waals surface area contributed by atoms with Gasteiger partial charge in [0.1, 0.15) is 18.1 Å². The third kappa shape index (κ3) is 10.7. The van der Waals surface area contributed by atoms with E-state index in [-0.39, 0.29) is 25.7 Å². The molecule has 0 heterocycles. The van der Waals surface area contributed by atoms with E-state index in [4.69, 9.17) is 17.2 Å². The fourth-order valence-electron chi connectivity index (χ4n) is 2.62. The van der Waals surface area contributed by atoms with Gasteiger partial charge in [-0.25, -0.2) is 4.79 Å². The van der Waals surface area contributed by atoms with Gasteiger partial charge in [-0.05, 0) is 25.7 Å². The molecule has 0 aliphatic rings. The molecular formula is C19H34N6O7. The first-order valence-corrected chi connectivity index (χ1v) is 10.3. The zero-order valence-electron chi connectivity index (χ0n) is 18.6. The highest BCUT2D eigenvalue weighted by Gasteiger charge is 2.32. The van der Waals surface area contributed by atoms with E-state index in [1.807, 2.05) is 0 Å². The third-order valence-electron chi connectivity index (χ3n) is 4.81. The average molecular weight is 459 g/mol. The molecule has 0 fully saturated rings. The fourth-order valence-corrected chi connectivity index (χ4v) is 2.62. The molecule has 0 saturated heterocycles. The second-order valence-corrected chi connectivity index (χ2v) is 7.63. The standard InChI is InChI=1S/C19H34N6O7/c1-4-9(2)15(18(30)24-12(19(31)32)6-8-14(22)27)25-17(29)11(5-7-13(21)26)23-16(28)10(3)20/h9-12,15H,4-8,20H2,1-3H3,(H2,21,26)(H2,22,27)(H,23,28)(H,24,30)(H,25,29)(H,31,32). The van der Waals surface area contributed by atoms with Crippen LogP contribution in [-0.2, 0) is 28.8 Å². The summed E-state index contributed by atoms with van der Waals surface area (Å²) < 4.78 is 0. The second-order valence-electron chi connectivity index (χ2n) is 7.63. The summed E-state index contributed by atoms with van der Waals surface area (Å²) in [6, 6.07) is -4.65. The van der Waals surface area contributed by atoms with E-state index in [0.717, 1.165) is 0 Å². The van der Waals surface area contributed by atoms with Crippen molar-refractivity contribution in [3.8, 4) is 0 Å². The van der Waals surface area contributed by atoms with Crippen molar-refractivity contribution in [3.63, 3.8) is 0 Å². The predicted octanol–water partition coefficient (Wildman–Crippen LogP) is -2.55. The van der Waals surface area contributed by atoms with Crippen molar-refractivity contribution >= 4 is 35.5 Å². The summed E-state index contributed by atoms with van der Waals surface area (Å²) in [4.78, 5) is 71.0. The number of aliphatic carboxylic acids is 1. The summed E-state index contributed by atoms with van der Waals surface area (Å²) in [5, 5.41) is 16.5. The van der Waals surface area contributed by atoms with Crippen LogP contribution < -0.4 is 33.2 Å². The zero-order valence-corrected chi connectivity index (χ0v) is 18.6. The molecule has 0 aliphatic heterocycles. The number of carbonyl (C=O) groups excluding carboxylic acids is 5. The topological polar surface area (TPSA) is 237 Å². The summed E-state index contributed by atoms with van der Waals surface area (Å²) in [6.07, 6.45) is -0.342. The summed E-state index contributed by atoms with van der Waals surface area (Å²) in [6.45, 7) is 4.84. The molecule has 5 unspecified atom stereocenters. The maximum Gasteiger partial charge on any atom is 0.326 e. The smallest absolute Gasteiger partial charge is 0.326 e. The van der Waals surface area contributed by atoms with Crippen LogP contribution in [0.5, 0.6) is 0 Å². The Labute approximate surface area is 186 Å². The third-order valence-corrected chi connectivity index (χ3v) is 4.81. The number of carboxylic acids is 1. The van der Waals surface area contributed by atoms with E-state index in [0.29, 0.717) is 6.42 Å². The van der Waals surface area contributed by atoms with Gasteiger partial charge in [0.15, 0.2) is 0 Å². The number of nitrogens with two attached hydrogens (primary N) is 3. The molecule has 0 spiro atoms. The Kier molecular flexibility index (Phi) is 12.6. The number of nitrogens with one attached hydrogen (secondary N) is 3. The van der Waals surface area contributed by atoms with Crippen LogP contribution in [0.25, 0.3) is 0 Å². The number of rotatable bonds is 15. The molecular weight excluding hydrogens is 424 g/mol. The summed E-state index contributed by atoms with van der Waals surface area (Å²) in [5.74, 6) is -5.37. The van der Waals surface area contributed by atoms with Crippen molar-refractivity contribution in [1.29, 1.82) is 0 Å². The van der Waals surface area contributed by atoms with Crippen molar-refractivity contribution in [2.45, 2.75) is 77.0 Å². The Morgan fingerprint density at radius 1 is 0.781 bits per heavy atom. The Morgan fingerprint density at radius 2 is 1.25 bits per heavy atom. The van der Waals surface area contributed by atoms with Gasteiger partial charge in [-0.2, -0.15) is 0 Å². The fraction of sp³-hybridized carbons (Fsp3) is 0.684. The van der Waals surface area contributed by atoms with Gasteiger partial charge in [0, 0.05) is 12.8 Å². The lowest BCUT2D eigenvalue weighted by Crippen LogP contribution is -2.58. The van der Waals surface area contributed by atoms with Gasteiger partial charge >= 0.3 is 5.97 Å². The molecule has 0 saturated carbocycles. The largest absolute Gasteiger partial charge is 0.480 e. The molecule has 32 heavy (non-hydrogen) atoms. The van der Waals surface area contributed by atoms with Crippen LogP contribution in [0.4, 0.5) is 0 Å². The monoisotopic (exact) mass is 458 g/mol. The molecule has 0 aromatic carbocycles. The molecule has 0 aliphatic carbocycles. The minimum atomic E-state index is -1.39. The molecule has 0 aromatic rings. The normalized spacial score (nSPS) is 15.4. The lowest BCUT2D eigenvalue weighted by atomic mass is 9.96. The van der Waals surface area contributed by atoms with Crippen molar-refractivity contribution in [1.82, 2.24) is 16.0 Å². The number of amides is 5. The zero-order chi connectivity index (χ0) is 25.0. The summed E-state index contributed by atoms with van der Waals surface area (Å²) in [5.41, 5.74) is 15.7. The van der Waals surface area contributed by atoms with Crippen molar-refractivity contribution < 1.29 is 33.9 Å². The van der Waals surface area contributed by atoms with Gasteiger partial charge < -0.3 is 38.3 Å². The quantitative estimate of drug-likeness (QED) is 0.137. The lowest BCUT2D eigenvalue weighted by molar-refractivity contribution is -0.143. The Balaban J connectivity index is 5.52. The van der Waals surface area contributed by atoms with Gasteiger partial charge in [0.25, 0.3) is 0 Å². The highest BCUT2D eigenvalue weighted by atomic mass is 16.4. The Morgan fingerprint density at radius 3 is 1.66 bits per heavy atom. The van der Waals surface area contributed by atoms with Crippen molar-refractivity contribution in [3.05, 3.63) is 0 Å². The van der Waals surface area contributed by atoms with Crippen LogP contribution in [-0.4, -0.2) is 64.8 Å². The minimum absolute atomic E-state index is 0.120. The molecule has 0 bridgehead atoms. The summed E-state index contributed by atoms with van der Waals surface area (Å²) in [7, 11) is 0. The number of carbonyl (C=O) groups is 6. The van der Waals surface area contributed by atoms with Gasteiger partial charge in [-0.1, -0.05) is 20.3 Å². The highest BCUT2D eigenvalue weighted by molar-refractivity contribution is 5.94. The maximum atomic E-state index is 12.8. The molecule has 182 valence electrons. The summed E-state index contributed by atoms with van der Waals surface area (Å²) >= 11 is 0. The van der Waals surface area contributed by atoms with Crippen LogP contribution in [0, 0.1) is 5.92 Å². The van der Waals surface area contributed by atoms with Gasteiger partial charge in [0.05, 0.1) is 6.04 Å². The SMILES string of the molecule is CCC(C)C(NC(=O)C(CCC(N)=O)NC(=O)C(C)N)C(=O)NC(CCC(N)=O)C(=O)O. The minimum Gasteiger partial charge on any atom is -0.480 e. The highest BCUT2D eigenvalue weighted by Crippen LogP contribution is 2.11.